The van der Waals surface area contributed by atoms with Gasteiger partial charge in [-0.2, -0.15) is 0 Å². The van der Waals surface area contributed by atoms with Gasteiger partial charge in [-0.05, 0) is 37.0 Å². The Bertz CT molecular complexity index is 425. The SMILES string of the molecule is CN(C)C(=O)c1ccc(NCC2CC2)c(N)c1. The summed E-state index contributed by atoms with van der Waals surface area (Å²) < 4.78 is 0. The van der Waals surface area contributed by atoms with Crippen molar-refractivity contribution in [1.29, 1.82) is 0 Å². The molecule has 0 radical (unpaired) electrons. The first-order chi connectivity index (χ1) is 8.08. The molecule has 1 fully saturated rings. The average molecular weight is 233 g/mol. The van der Waals surface area contributed by atoms with Gasteiger partial charge in [0.2, 0.25) is 0 Å². The molecule has 1 amide bonds. The number of rotatable bonds is 4. The Balaban J connectivity index is 2.07. The molecule has 1 aliphatic carbocycles. The third-order valence-corrected chi connectivity index (χ3v) is 2.98. The summed E-state index contributed by atoms with van der Waals surface area (Å²) in [7, 11) is 3.47. The number of amides is 1. The minimum Gasteiger partial charge on any atom is -0.397 e. The summed E-state index contributed by atoms with van der Waals surface area (Å²) in [5.74, 6) is 0.780. The molecule has 1 aromatic carbocycles. The van der Waals surface area contributed by atoms with Crippen LogP contribution in [0.4, 0.5) is 11.4 Å². The van der Waals surface area contributed by atoms with E-state index < -0.39 is 0 Å². The molecule has 92 valence electrons. The van der Waals surface area contributed by atoms with E-state index in [2.05, 4.69) is 5.32 Å². The van der Waals surface area contributed by atoms with Gasteiger partial charge in [-0.3, -0.25) is 4.79 Å². The van der Waals surface area contributed by atoms with Crippen molar-refractivity contribution in [2.24, 2.45) is 5.92 Å². The minimum atomic E-state index is -0.0227. The van der Waals surface area contributed by atoms with E-state index in [-0.39, 0.29) is 5.91 Å². The molecule has 0 bridgehead atoms. The molecule has 1 aromatic rings. The van der Waals surface area contributed by atoms with Crippen LogP contribution in [0.2, 0.25) is 0 Å². The lowest BCUT2D eigenvalue weighted by Gasteiger charge is -2.13. The highest BCUT2D eigenvalue weighted by atomic mass is 16.2. The molecule has 17 heavy (non-hydrogen) atoms. The number of benzene rings is 1. The maximum absolute atomic E-state index is 11.7. The number of carbonyl (C=O) groups excluding carboxylic acids is 1. The van der Waals surface area contributed by atoms with Gasteiger partial charge in [0, 0.05) is 26.2 Å². The molecule has 1 saturated carbocycles. The van der Waals surface area contributed by atoms with Crippen molar-refractivity contribution in [3.63, 3.8) is 0 Å². The zero-order chi connectivity index (χ0) is 12.4. The van der Waals surface area contributed by atoms with Crippen molar-refractivity contribution in [2.45, 2.75) is 12.8 Å². The van der Waals surface area contributed by atoms with Crippen molar-refractivity contribution >= 4 is 17.3 Å². The zero-order valence-corrected chi connectivity index (χ0v) is 10.4. The van der Waals surface area contributed by atoms with Crippen LogP contribution < -0.4 is 11.1 Å². The van der Waals surface area contributed by atoms with Crippen LogP contribution >= 0.6 is 0 Å². The lowest BCUT2D eigenvalue weighted by atomic mass is 10.1. The van der Waals surface area contributed by atoms with Gasteiger partial charge in [-0.15, -0.1) is 0 Å². The van der Waals surface area contributed by atoms with E-state index >= 15 is 0 Å². The summed E-state index contributed by atoms with van der Waals surface area (Å²) in [5, 5.41) is 3.32. The molecule has 1 aliphatic rings. The van der Waals surface area contributed by atoms with Crippen LogP contribution in [0.25, 0.3) is 0 Å². The van der Waals surface area contributed by atoms with E-state index in [1.54, 1.807) is 25.1 Å². The minimum absolute atomic E-state index is 0.0227. The van der Waals surface area contributed by atoms with Gasteiger partial charge in [-0.1, -0.05) is 0 Å². The Labute approximate surface area is 102 Å². The van der Waals surface area contributed by atoms with E-state index in [0.717, 1.165) is 18.2 Å². The third kappa shape index (κ3) is 2.90. The van der Waals surface area contributed by atoms with Crippen molar-refractivity contribution < 1.29 is 4.79 Å². The number of anilines is 2. The number of nitrogens with two attached hydrogens (primary N) is 1. The van der Waals surface area contributed by atoms with Gasteiger partial charge in [0.05, 0.1) is 11.4 Å². The summed E-state index contributed by atoms with van der Waals surface area (Å²) in [4.78, 5) is 13.3. The molecule has 0 atom stereocenters. The summed E-state index contributed by atoms with van der Waals surface area (Å²) in [6, 6.07) is 5.43. The molecule has 0 aliphatic heterocycles. The number of nitrogen functional groups attached to an aromatic ring is 1. The Morgan fingerprint density at radius 2 is 2.18 bits per heavy atom. The lowest BCUT2D eigenvalue weighted by Crippen LogP contribution is -2.21. The maximum atomic E-state index is 11.7. The molecule has 0 heterocycles. The average Bonchev–Trinajstić information content (AvgIpc) is 3.10. The molecular weight excluding hydrogens is 214 g/mol. The fraction of sp³-hybridized carbons (Fsp3) is 0.462. The van der Waals surface area contributed by atoms with Crippen molar-refractivity contribution in [2.75, 3.05) is 31.7 Å². The van der Waals surface area contributed by atoms with E-state index in [9.17, 15) is 4.79 Å². The first kappa shape index (κ1) is 11.8. The Morgan fingerprint density at radius 1 is 1.47 bits per heavy atom. The Hall–Kier alpha value is -1.71. The van der Waals surface area contributed by atoms with Gasteiger partial charge in [-0.25, -0.2) is 0 Å². The molecule has 2 rings (SSSR count). The fourth-order valence-electron chi connectivity index (χ4n) is 1.69. The zero-order valence-electron chi connectivity index (χ0n) is 10.4. The number of nitrogens with zero attached hydrogens (tertiary/aromatic N) is 1. The molecule has 0 unspecified atom stereocenters. The number of hydrogen-bond acceptors (Lipinski definition) is 3. The van der Waals surface area contributed by atoms with Gasteiger partial charge in [0.1, 0.15) is 0 Å². The van der Waals surface area contributed by atoms with Crippen LogP contribution in [0.1, 0.15) is 23.2 Å². The standard InChI is InChI=1S/C13H19N3O/c1-16(2)13(17)10-5-6-12(11(14)7-10)15-8-9-3-4-9/h5-7,9,15H,3-4,8,14H2,1-2H3. The molecule has 0 saturated heterocycles. The van der Waals surface area contributed by atoms with Crippen molar-refractivity contribution in [3.05, 3.63) is 23.8 Å². The van der Waals surface area contributed by atoms with Gasteiger partial charge >= 0.3 is 0 Å². The molecular formula is C13H19N3O. The molecule has 4 heteroatoms. The predicted molar refractivity (Wildman–Crippen MR) is 70.1 cm³/mol. The van der Waals surface area contributed by atoms with E-state index in [1.807, 2.05) is 12.1 Å². The van der Waals surface area contributed by atoms with Crippen molar-refractivity contribution in [1.82, 2.24) is 4.90 Å². The van der Waals surface area contributed by atoms with Crippen LogP contribution in [-0.2, 0) is 0 Å². The fourth-order valence-corrected chi connectivity index (χ4v) is 1.69. The van der Waals surface area contributed by atoms with E-state index in [1.165, 1.54) is 12.8 Å². The highest BCUT2D eigenvalue weighted by Crippen LogP contribution is 2.30. The van der Waals surface area contributed by atoms with Crippen LogP contribution in [-0.4, -0.2) is 31.4 Å². The quantitative estimate of drug-likeness (QED) is 0.779. The Morgan fingerprint density at radius 3 is 2.71 bits per heavy atom. The number of hydrogen-bond donors (Lipinski definition) is 2. The summed E-state index contributed by atoms with van der Waals surface area (Å²) in [5.41, 5.74) is 8.12. The first-order valence-corrected chi connectivity index (χ1v) is 5.93. The van der Waals surface area contributed by atoms with Crippen LogP contribution in [0.3, 0.4) is 0 Å². The van der Waals surface area contributed by atoms with Gasteiger partial charge in [0.25, 0.3) is 5.91 Å². The molecule has 0 aromatic heterocycles. The second kappa shape index (κ2) is 4.65. The highest BCUT2D eigenvalue weighted by molar-refractivity contribution is 5.95. The summed E-state index contributed by atoms with van der Waals surface area (Å²) in [6.07, 6.45) is 2.62. The summed E-state index contributed by atoms with van der Waals surface area (Å²) >= 11 is 0. The van der Waals surface area contributed by atoms with Gasteiger partial charge < -0.3 is 16.0 Å². The molecule has 0 spiro atoms. The highest BCUT2D eigenvalue weighted by Gasteiger charge is 2.21. The van der Waals surface area contributed by atoms with E-state index in [4.69, 9.17) is 5.73 Å². The Kier molecular flexibility index (Phi) is 3.22. The second-order valence-electron chi connectivity index (χ2n) is 4.83. The smallest absolute Gasteiger partial charge is 0.253 e. The van der Waals surface area contributed by atoms with E-state index in [0.29, 0.717) is 11.3 Å². The van der Waals surface area contributed by atoms with Crippen molar-refractivity contribution in [3.8, 4) is 0 Å². The number of carbonyl (C=O) groups is 1. The monoisotopic (exact) mass is 233 g/mol. The summed E-state index contributed by atoms with van der Waals surface area (Å²) in [6.45, 7) is 0.977. The predicted octanol–water partition coefficient (Wildman–Crippen LogP) is 1.79. The van der Waals surface area contributed by atoms with Crippen LogP contribution in [0, 0.1) is 5.92 Å². The lowest BCUT2D eigenvalue weighted by molar-refractivity contribution is 0.0827. The van der Waals surface area contributed by atoms with Crippen LogP contribution in [0.15, 0.2) is 18.2 Å². The normalized spacial score (nSPS) is 14.5. The third-order valence-electron chi connectivity index (χ3n) is 2.98. The maximum Gasteiger partial charge on any atom is 0.253 e. The topological polar surface area (TPSA) is 58.4 Å². The largest absolute Gasteiger partial charge is 0.397 e. The number of nitrogens with one attached hydrogen (secondary N) is 1. The molecule has 3 N–H and O–H groups in total. The second-order valence-corrected chi connectivity index (χ2v) is 4.83. The van der Waals surface area contributed by atoms with Gasteiger partial charge in [0.15, 0.2) is 0 Å². The van der Waals surface area contributed by atoms with Crippen LogP contribution in [0.5, 0.6) is 0 Å². The first-order valence-electron chi connectivity index (χ1n) is 5.93. The molecule has 4 nitrogen and oxygen atoms in total.